The zero-order valence-corrected chi connectivity index (χ0v) is 15.8. The second-order valence-corrected chi connectivity index (χ2v) is 5.94. The van der Waals surface area contributed by atoms with Crippen molar-refractivity contribution in [2.75, 3.05) is 37.5 Å². The molecule has 28 heavy (non-hydrogen) atoms. The van der Waals surface area contributed by atoms with Gasteiger partial charge in [-0.25, -0.2) is 9.97 Å². The van der Waals surface area contributed by atoms with Crippen molar-refractivity contribution in [2.45, 2.75) is 0 Å². The van der Waals surface area contributed by atoms with Crippen molar-refractivity contribution in [3.05, 3.63) is 72.7 Å². The molecule has 0 spiro atoms. The van der Waals surface area contributed by atoms with E-state index in [2.05, 4.69) is 15.3 Å². The second kappa shape index (κ2) is 9.36. The number of nitrogens with zero attached hydrogens (tertiary/aromatic N) is 3. The maximum absolute atomic E-state index is 12.5. The fourth-order valence-electron chi connectivity index (χ4n) is 2.49. The van der Waals surface area contributed by atoms with Crippen LogP contribution in [0.5, 0.6) is 11.5 Å². The highest BCUT2D eigenvalue weighted by atomic mass is 16.5. The molecule has 0 fully saturated rings. The SMILES string of the molecule is COc1ccc(OCCNc2cnc(C(=O)N(C)c3ccccc3)cn2)cc1. The number of aromatic nitrogens is 2. The number of ether oxygens (including phenoxy) is 2. The lowest BCUT2D eigenvalue weighted by Gasteiger charge is -2.16. The van der Waals surface area contributed by atoms with Gasteiger partial charge in [0.25, 0.3) is 5.91 Å². The van der Waals surface area contributed by atoms with Crippen LogP contribution in [0.25, 0.3) is 0 Å². The number of carbonyl (C=O) groups is 1. The maximum Gasteiger partial charge on any atom is 0.278 e. The molecular formula is C21H22N4O3. The highest BCUT2D eigenvalue weighted by molar-refractivity contribution is 6.04. The molecule has 0 aliphatic heterocycles. The lowest BCUT2D eigenvalue weighted by molar-refractivity contribution is 0.0988. The number of anilines is 2. The first-order valence-corrected chi connectivity index (χ1v) is 8.83. The molecule has 3 aromatic rings. The minimum absolute atomic E-state index is 0.215. The van der Waals surface area contributed by atoms with E-state index >= 15 is 0 Å². The molecule has 1 aromatic heterocycles. The zero-order chi connectivity index (χ0) is 19.8. The molecule has 0 radical (unpaired) electrons. The van der Waals surface area contributed by atoms with Crippen LogP contribution < -0.4 is 19.7 Å². The van der Waals surface area contributed by atoms with Gasteiger partial charge in [-0.2, -0.15) is 0 Å². The molecule has 144 valence electrons. The summed E-state index contributed by atoms with van der Waals surface area (Å²) in [6.45, 7) is 1.02. The van der Waals surface area contributed by atoms with Gasteiger partial charge in [-0.3, -0.25) is 4.79 Å². The number of carbonyl (C=O) groups excluding carboxylic acids is 1. The molecule has 3 rings (SSSR count). The first kappa shape index (κ1) is 19.2. The topological polar surface area (TPSA) is 76.6 Å². The quantitative estimate of drug-likeness (QED) is 0.607. The fraction of sp³-hybridized carbons (Fsp3) is 0.190. The van der Waals surface area contributed by atoms with Crippen molar-refractivity contribution in [3.63, 3.8) is 0 Å². The Labute approximate surface area is 164 Å². The Morgan fingerprint density at radius 1 is 1.00 bits per heavy atom. The Bertz CT molecular complexity index is 884. The van der Waals surface area contributed by atoms with E-state index < -0.39 is 0 Å². The van der Waals surface area contributed by atoms with E-state index in [1.807, 2.05) is 54.6 Å². The van der Waals surface area contributed by atoms with Crippen LogP contribution >= 0.6 is 0 Å². The van der Waals surface area contributed by atoms with E-state index in [4.69, 9.17) is 9.47 Å². The lowest BCUT2D eigenvalue weighted by atomic mass is 10.3. The Morgan fingerprint density at radius 2 is 1.71 bits per heavy atom. The standard InChI is InChI=1S/C21H22N4O3/c1-25(16-6-4-3-5-7-16)21(26)19-14-24-20(15-23-19)22-12-13-28-18-10-8-17(27-2)9-11-18/h3-11,14-15H,12-13H2,1-2H3,(H,22,24). The van der Waals surface area contributed by atoms with Gasteiger partial charge in [0.05, 0.1) is 26.0 Å². The minimum atomic E-state index is -0.215. The van der Waals surface area contributed by atoms with Crippen LogP contribution in [-0.4, -0.2) is 43.2 Å². The third-order valence-electron chi connectivity index (χ3n) is 4.06. The van der Waals surface area contributed by atoms with Crippen LogP contribution in [0.3, 0.4) is 0 Å². The van der Waals surface area contributed by atoms with Gasteiger partial charge in [-0.1, -0.05) is 18.2 Å². The first-order chi connectivity index (χ1) is 13.7. The van der Waals surface area contributed by atoms with Crippen molar-refractivity contribution >= 4 is 17.4 Å². The maximum atomic E-state index is 12.5. The van der Waals surface area contributed by atoms with Crippen LogP contribution in [-0.2, 0) is 0 Å². The second-order valence-electron chi connectivity index (χ2n) is 5.94. The fourth-order valence-corrected chi connectivity index (χ4v) is 2.49. The molecular weight excluding hydrogens is 356 g/mol. The summed E-state index contributed by atoms with van der Waals surface area (Å²) in [7, 11) is 3.33. The number of amides is 1. The Kier molecular flexibility index (Phi) is 6.41. The molecule has 1 amide bonds. The summed E-state index contributed by atoms with van der Waals surface area (Å²) >= 11 is 0. The van der Waals surface area contributed by atoms with Crippen molar-refractivity contribution in [2.24, 2.45) is 0 Å². The number of benzene rings is 2. The lowest BCUT2D eigenvalue weighted by Crippen LogP contribution is -2.27. The van der Waals surface area contributed by atoms with Crippen molar-refractivity contribution in [3.8, 4) is 11.5 Å². The Balaban J connectivity index is 1.48. The number of nitrogens with one attached hydrogen (secondary N) is 1. The number of methoxy groups -OCH3 is 1. The van der Waals surface area contributed by atoms with E-state index in [9.17, 15) is 4.79 Å². The molecule has 0 saturated heterocycles. The smallest absolute Gasteiger partial charge is 0.278 e. The summed E-state index contributed by atoms with van der Waals surface area (Å²) in [5.74, 6) is 1.91. The molecule has 2 aromatic carbocycles. The van der Waals surface area contributed by atoms with Crippen LogP contribution in [0.15, 0.2) is 67.0 Å². The number of hydrogen-bond acceptors (Lipinski definition) is 6. The average molecular weight is 378 g/mol. The number of hydrogen-bond donors (Lipinski definition) is 1. The van der Waals surface area contributed by atoms with Crippen LogP contribution in [0, 0.1) is 0 Å². The molecule has 0 saturated carbocycles. The third kappa shape index (κ3) is 4.97. The Hall–Kier alpha value is -3.61. The predicted octanol–water partition coefficient (Wildman–Crippen LogP) is 3.25. The van der Waals surface area contributed by atoms with Gasteiger partial charge >= 0.3 is 0 Å². The summed E-state index contributed by atoms with van der Waals surface area (Å²) in [6.07, 6.45) is 3.01. The summed E-state index contributed by atoms with van der Waals surface area (Å²) in [5.41, 5.74) is 1.08. The summed E-state index contributed by atoms with van der Waals surface area (Å²) < 4.78 is 10.8. The third-order valence-corrected chi connectivity index (χ3v) is 4.06. The molecule has 0 unspecified atom stereocenters. The molecule has 7 heteroatoms. The zero-order valence-electron chi connectivity index (χ0n) is 15.8. The van der Waals surface area contributed by atoms with Gasteiger partial charge in [-0.05, 0) is 36.4 Å². The van der Waals surface area contributed by atoms with Crippen molar-refractivity contribution in [1.82, 2.24) is 9.97 Å². The van der Waals surface area contributed by atoms with Gasteiger partial charge in [0.1, 0.15) is 29.6 Å². The van der Waals surface area contributed by atoms with Crippen LogP contribution in [0.2, 0.25) is 0 Å². The molecule has 1 heterocycles. The van der Waals surface area contributed by atoms with Crippen LogP contribution in [0.4, 0.5) is 11.5 Å². The Morgan fingerprint density at radius 3 is 2.36 bits per heavy atom. The summed E-state index contributed by atoms with van der Waals surface area (Å²) in [5, 5.41) is 3.12. The van der Waals surface area contributed by atoms with E-state index in [0.29, 0.717) is 19.0 Å². The van der Waals surface area contributed by atoms with E-state index in [-0.39, 0.29) is 11.6 Å². The number of para-hydroxylation sites is 1. The summed E-state index contributed by atoms with van der Waals surface area (Å²) in [6, 6.07) is 16.8. The monoisotopic (exact) mass is 378 g/mol. The normalized spacial score (nSPS) is 10.2. The van der Waals surface area contributed by atoms with Gasteiger partial charge in [0.15, 0.2) is 0 Å². The van der Waals surface area contributed by atoms with E-state index in [1.165, 1.54) is 6.20 Å². The molecule has 0 bridgehead atoms. The molecule has 0 aliphatic rings. The van der Waals surface area contributed by atoms with E-state index in [0.717, 1.165) is 17.2 Å². The summed E-state index contributed by atoms with van der Waals surface area (Å²) in [4.78, 5) is 22.5. The van der Waals surface area contributed by atoms with Crippen molar-refractivity contribution < 1.29 is 14.3 Å². The van der Waals surface area contributed by atoms with E-state index in [1.54, 1.807) is 25.3 Å². The highest BCUT2D eigenvalue weighted by Crippen LogP contribution is 2.17. The van der Waals surface area contributed by atoms with Crippen molar-refractivity contribution in [1.29, 1.82) is 0 Å². The van der Waals surface area contributed by atoms with Crippen LogP contribution in [0.1, 0.15) is 10.5 Å². The molecule has 1 N–H and O–H groups in total. The largest absolute Gasteiger partial charge is 0.497 e. The first-order valence-electron chi connectivity index (χ1n) is 8.83. The van der Waals surface area contributed by atoms with Gasteiger partial charge in [-0.15, -0.1) is 0 Å². The number of rotatable bonds is 8. The van der Waals surface area contributed by atoms with Gasteiger partial charge in [0.2, 0.25) is 0 Å². The molecule has 0 atom stereocenters. The molecule has 0 aliphatic carbocycles. The predicted molar refractivity (Wildman–Crippen MR) is 108 cm³/mol. The molecule has 7 nitrogen and oxygen atoms in total. The minimum Gasteiger partial charge on any atom is -0.497 e. The average Bonchev–Trinajstić information content (AvgIpc) is 2.77. The van der Waals surface area contributed by atoms with Gasteiger partial charge in [0, 0.05) is 12.7 Å². The van der Waals surface area contributed by atoms with Gasteiger partial charge < -0.3 is 19.7 Å². The highest BCUT2D eigenvalue weighted by Gasteiger charge is 2.15.